The summed E-state index contributed by atoms with van der Waals surface area (Å²) in [5.41, 5.74) is 5.53. The molecule has 3 rings (SSSR count). The molecule has 0 N–H and O–H groups in total. The average Bonchev–Trinajstić information content (AvgIpc) is 2.41. The van der Waals surface area contributed by atoms with Gasteiger partial charge in [0.2, 0.25) is 0 Å². The number of hydrogen-bond donors (Lipinski definition) is 0. The third-order valence-electron chi connectivity index (χ3n) is 3.70. The highest BCUT2D eigenvalue weighted by atomic mass is 35.5. The number of fused-ring (bicyclic) bond motifs is 1. The molecule has 0 aromatic heterocycles. The molecule has 18 heavy (non-hydrogen) atoms. The van der Waals surface area contributed by atoms with Gasteiger partial charge in [-0.25, -0.2) is 0 Å². The highest BCUT2D eigenvalue weighted by Crippen LogP contribution is 2.35. The molecule has 0 saturated carbocycles. The number of benzene rings is 2. The minimum Gasteiger partial charge on any atom is -0.118 e. The van der Waals surface area contributed by atoms with Crippen molar-refractivity contribution < 1.29 is 0 Å². The summed E-state index contributed by atoms with van der Waals surface area (Å²) in [6.45, 7) is 0. The van der Waals surface area contributed by atoms with Gasteiger partial charge < -0.3 is 0 Å². The summed E-state index contributed by atoms with van der Waals surface area (Å²) in [5, 5.41) is 0.212. The number of hydrogen-bond acceptors (Lipinski definition) is 0. The van der Waals surface area contributed by atoms with Gasteiger partial charge in [-0.05, 0) is 47.9 Å². The summed E-state index contributed by atoms with van der Waals surface area (Å²) >= 11 is 6.42. The molecule has 0 radical (unpaired) electrons. The van der Waals surface area contributed by atoms with Crippen LogP contribution in [0.1, 0.15) is 40.5 Å². The Balaban J connectivity index is 1.88. The van der Waals surface area contributed by atoms with Crippen LogP contribution in [0.15, 0.2) is 48.5 Å². The Labute approximate surface area is 114 Å². The maximum Gasteiger partial charge on any atom is 0.0588 e. The lowest BCUT2D eigenvalue weighted by molar-refractivity contribution is 0.666. The van der Waals surface area contributed by atoms with Crippen LogP contribution in [-0.2, 0) is 12.8 Å². The molecule has 1 atom stereocenters. The quantitative estimate of drug-likeness (QED) is 0.671. The Kier molecular flexibility index (Phi) is 3.38. The highest BCUT2D eigenvalue weighted by Gasteiger charge is 2.18. The van der Waals surface area contributed by atoms with Gasteiger partial charge in [-0.2, -0.15) is 0 Å². The van der Waals surface area contributed by atoms with E-state index in [0.717, 1.165) is 12.8 Å². The molecule has 0 saturated heterocycles. The zero-order valence-electron chi connectivity index (χ0n) is 10.4. The van der Waals surface area contributed by atoms with Crippen molar-refractivity contribution in [3.63, 3.8) is 0 Å². The van der Waals surface area contributed by atoms with E-state index in [4.69, 9.17) is 11.6 Å². The summed E-state index contributed by atoms with van der Waals surface area (Å²) in [7, 11) is 0. The van der Waals surface area contributed by atoms with Gasteiger partial charge >= 0.3 is 0 Å². The molecular formula is C17H17Cl. The minimum absolute atomic E-state index is 0.212. The Morgan fingerprint density at radius 1 is 1.00 bits per heavy atom. The standard InChI is InChI=1S/C17H17Cl/c18-17-8-4-7-15-10-9-14(12-16(15)17)11-13-5-2-1-3-6-13/h1-3,5-6,9-10,12,17H,4,7-8,11H2. The van der Waals surface area contributed by atoms with Crippen LogP contribution in [-0.4, -0.2) is 0 Å². The molecule has 1 aliphatic rings. The predicted octanol–water partition coefficient (Wildman–Crippen LogP) is 4.89. The second-order valence-corrected chi connectivity index (χ2v) is 5.58. The van der Waals surface area contributed by atoms with E-state index >= 15 is 0 Å². The minimum atomic E-state index is 0.212. The van der Waals surface area contributed by atoms with Crippen LogP contribution in [0.5, 0.6) is 0 Å². The van der Waals surface area contributed by atoms with Crippen LogP contribution in [0.4, 0.5) is 0 Å². The number of alkyl halides is 1. The van der Waals surface area contributed by atoms with Crippen molar-refractivity contribution >= 4 is 11.6 Å². The first-order valence-corrected chi connectivity index (χ1v) is 7.06. The summed E-state index contributed by atoms with van der Waals surface area (Å²) in [6.07, 6.45) is 4.52. The Hall–Kier alpha value is -1.27. The van der Waals surface area contributed by atoms with E-state index in [0.29, 0.717) is 0 Å². The molecule has 0 bridgehead atoms. The molecule has 1 aliphatic carbocycles. The van der Waals surface area contributed by atoms with Gasteiger partial charge in [0.15, 0.2) is 0 Å². The summed E-state index contributed by atoms with van der Waals surface area (Å²) in [6, 6.07) is 17.4. The largest absolute Gasteiger partial charge is 0.118 e. The third-order valence-corrected chi connectivity index (χ3v) is 4.16. The molecule has 0 spiro atoms. The Morgan fingerprint density at radius 3 is 2.67 bits per heavy atom. The average molecular weight is 257 g/mol. The number of halogens is 1. The fourth-order valence-corrected chi connectivity index (χ4v) is 3.09. The van der Waals surface area contributed by atoms with Crippen molar-refractivity contribution in [2.24, 2.45) is 0 Å². The first kappa shape index (κ1) is 11.8. The van der Waals surface area contributed by atoms with E-state index in [-0.39, 0.29) is 5.38 Å². The maximum absolute atomic E-state index is 6.42. The Morgan fingerprint density at radius 2 is 1.83 bits per heavy atom. The maximum atomic E-state index is 6.42. The van der Waals surface area contributed by atoms with Gasteiger partial charge in [-0.1, -0.05) is 48.5 Å². The van der Waals surface area contributed by atoms with Gasteiger partial charge in [0.25, 0.3) is 0 Å². The normalized spacial score (nSPS) is 18.4. The highest BCUT2D eigenvalue weighted by molar-refractivity contribution is 6.21. The molecule has 0 aliphatic heterocycles. The van der Waals surface area contributed by atoms with Crippen molar-refractivity contribution in [1.82, 2.24) is 0 Å². The molecule has 0 amide bonds. The predicted molar refractivity (Wildman–Crippen MR) is 77.2 cm³/mol. The van der Waals surface area contributed by atoms with Crippen molar-refractivity contribution in [3.05, 3.63) is 70.8 Å². The zero-order chi connectivity index (χ0) is 12.4. The van der Waals surface area contributed by atoms with Gasteiger partial charge in [-0.15, -0.1) is 11.6 Å². The van der Waals surface area contributed by atoms with Crippen LogP contribution in [0.3, 0.4) is 0 Å². The zero-order valence-corrected chi connectivity index (χ0v) is 11.2. The summed E-state index contributed by atoms with van der Waals surface area (Å²) in [4.78, 5) is 0. The van der Waals surface area contributed by atoms with Gasteiger partial charge in [0.1, 0.15) is 0 Å². The molecule has 0 heterocycles. The lowest BCUT2D eigenvalue weighted by Gasteiger charge is -2.21. The van der Waals surface area contributed by atoms with E-state index in [9.17, 15) is 0 Å². The monoisotopic (exact) mass is 256 g/mol. The molecule has 0 fully saturated rings. The fourth-order valence-electron chi connectivity index (χ4n) is 2.73. The van der Waals surface area contributed by atoms with Crippen LogP contribution in [0.25, 0.3) is 0 Å². The summed E-state index contributed by atoms with van der Waals surface area (Å²) < 4.78 is 0. The van der Waals surface area contributed by atoms with Crippen LogP contribution < -0.4 is 0 Å². The number of rotatable bonds is 2. The van der Waals surface area contributed by atoms with Gasteiger partial charge in [-0.3, -0.25) is 0 Å². The molecule has 0 nitrogen and oxygen atoms in total. The molecule has 92 valence electrons. The molecule has 1 heteroatoms. The Bertz CT molecular complexity index is 531. The van der Waals surface area contributed by atoms with Crippen LogP contribution in [0.2, 0.25) is 0 Å². The second kappa shape index (κ2) is 5.16. The topological polar surface area (TPSA) is 0 Å². The van der Waals surface area contributed by atoms with E-state index in [1.54, 1.807) is 0 Å². The van der Waals surface area contributed by atoms with Gasteiger partial charge in [0, 0.05) is 0 Å². The van der Waals surface area contributed by atoms with Crippen LogP contribution >= 0.6 is 11.6 Å². The number of aryl methyl sites for hydroxylation is 1. The molecule has 2 aromatic carbocycles. The lowest BCUT2D eigenvalue weighted by atomic mass is 9.89. The van der Waals surface area contributed by atoms with E-state index in [2.05, 4.69) is 48.5 Å². The molecular weight excluding hydrogens is 240 g/mol. The smallest absolute Gasteiger partial charge is 0.0588 e. The first-order chi connectivity index (χ1) is 8.83. The molecule has 1 unspecified atom stereocenters. The summed E-state index contributed by atoms with van der Waals surface area (Å²) in [5.74, 6) is 0. The van der Waals surface area contributed by atoms with Crippen molar-refractivity contribution in [2.75, 3.05) is 0 Å². The lowest BCUT2D eigenvalue weighted by Crippen LogP contribution is -2.06. The van der Waals surface area contributed by atoms with E-state index in [1.807, 2.05) is 0 Å². The second-order valence-electron chi connectivity index (χ2n) is 5.06. The van der Waals surface area contributed by atoms with Crippen molar-refractivity contribution in [1.29, 1.82) is 0 Å². The van der Waals surface area contributed by atoms with Crippen molar-refractivity contribution in [2.45, 2.75) is 31.1 Å². The van der Waals surface area contributed by atoms with Gasteiger partial charge in [0.05, 0.1) is 5.38 Å². The third kappa shape index (κ3) is 2.44. The first-order valence-electron chi connectivity index (χ1n) is 6.62. The SMILES string of the molecule is ClC1CCCc2ccc(Cc3ccccc3)cc21. The molecule has 2 aromatic rings. The van der Waals surface area contributed by atoms with E-state index in [1.165, 1.54) is 35.1 Å². The van der Waals surface area contributed by atoms with E-state index < -0.39 is 0 Å². The van der Waals surface area contributed by atoms with Crippen LogP contribution in [0, 0.1) is 0 Å². The van der Waals surface area contributed by atoms with Crippen molar-refractivity contribution in [3.8, 4) is 0 Å². The fraction of sp³-hybridized carbons (Fsp3) is 0.294.